The first-order chi connectivity index (χ1) is 11.8. The molecular weight excluding hydrogens is 300 g/mol. The van der Waals surface area contributed by atoms with Gasteiger partial charge in [-0.1, -0.05) is 23.4 Å². The number of rotatable bonds is 4. The molecule has 0 unspecified atom stereocenters. The van der Waals surface area contributed by atoms with Gasteiger partial charge in [0.1, 0.15) is 0 Å². The van der Waals surface area contributed by atoms with Crippen molar-refractivity contribution in [2.75, 3.05) is 0 Å². The van der Waals surface area contributed by atoms with Crippen LogP contribution in [0.2, 0.25) is 0 Å². The van der Waals surface area contributed by atoms with E-state index in [0.29, 0.717) is 11.7 Å². The predicted molar refractivity (Wildman–Crippen MR) is 93.4 cm³/mol. The van der Waals surface area contributed by atoms with Crippen molar-refractivity contribution in [1.82, 2.24) is 14.7 Å². The van der Waals surface area contributed by atoms with E-state index in [1.54, 1.807) is 0 Å². The zero-order chi connectivity index (χ0) is 16.1. The van der Waals surface area contributed by atoms with Crippen molar-refractivity contribution >= 4 is 21.8 Å². The topological polar surface area (TPSA) is 69.9 Å². The second-order valence-electron chi connectivity index (χ2n) is 6.52. The van der Waals surface area contributed by atoms with Gasteiger partial charge in [0.25, 0.3) is 0 Å². The first-order valence-electron chi connectivity index (χ1n) is 8.37. The van der Waals surface area contributed by atoms with Crippen LogP contribution in [0.25, 0.3) is 33.2 Å². The summed E-state index contributed by atoms with van der Waals surface area (Å²) in [7, 11) is 0. The minimum Gasteiger partial charge on any atom is -0.340 e. The Kier molecular flexibility index (Phi) is 2.97. The second kappa shape index (κ2) is 5.18. The second-order valence-corrected chi connectivity index (χ2v) is 6.52. The molecule has 4 aromatic rings. The summed E-state index contributed by atoms with van der Waals surface area (Å²) in [4.78, 5) is 4.34. The Balaban J connectivity index is 1.72. The molecule has 5 heteroatoms. The Bertz CT molecular complexity index is 1040. The normalized spacial score (nSPS) is 14.7. The van der Waals surface area contributed by atoms with Crippen LogP contribution in [-0.4, -0.2) is 14.7 Å². The Morgan fingerprint density at radius 3 is 2.71 bits per heavy atom. The van der Waals surface area contributed by atoms with Gasteiger partial charge in [0.2, 0.25) is 11.7 Å². The molecule has 0 saturated heterocycles. The summed E-state index contributed by atoms with van der Waals surface area (Å²) in [5.41, 5.74) is 9.09. The van der Waals surface area contributed by atoms with Gasteiger partial charge in [-0.05, 0) is 43.0 Å². The van der Waals surface area contributed by atoms with Crippen LogP contribution in [0, 0.1) is 5.92 Å². The predicted octanol–water partition coefficient (Wildman–Crippen LogP) is 3.71. The number of hydrogen-bond acceptors (Lipinski definition) is 4. The Labute approximate surface area is 139 Å². The van der Waals surface area contributed by atoms with Crippen molar-refractivity contribution < 1.29 is 4.52 Å². The lowest BCUT2D eigenvalue weighted by molar-refractivity contribution is 0.380. The highest BCUT2D eigenvalue weighted by Crippen LogP contribution is 2.36. The largest absolute Gasteiger partial charge is 0.340 e. The zero-order valence-corrected chi connectivity index (χ0v) is 13.3. The number of benzene rings is 2. The van der Waals surface area contributed by atoms with Crippen LogP contribution in [0.4, 0.5) is 0 Å². The van der Waals surface area contributed by atoms with Gasteiger partial charge in [-0.25, -0.2) is 0 Å². The minimum absolute atomic E-state index is 0.260. The molecule has 1 saturated carbocycles. The lowest BCUT2D eigenvalue weighted by atomic mass is 10.1. The first-order valence-corrected chi connectivity index (χ1v) is 8.37. The summed E-state index contributed by atoms with van der Waals surface area (Å²) >= 11 is 0. The maximum atomic E-state index is 5.56. The van der Waals surface area contributed by atoms with Gasteiger partial charge in [0, 0.05) is 33.9 Å². The Morgan fingerprint density at radius 2 is 1.92 bits per heavy atom. The van der Waals surface area contributed by atoms with Gasteiger partial charge >= 0.3 is 0 Å². The molecule has 0 atom stereocenters. The van der Waals surface area contributed by atoms with Crippen LogP contribution >= 0.6 is 0 Å². The van der Waals surface area contributed by atoms with Crippen LogP contribution < -0.4 is 5.73 Å². The Hall–Kier alpha value is -2.66. The Morgan fingerprint density at radius 1 is 1.08 bits per heavy atom. The van der Waals surface area contributed by atoms with Gasteiger partial charge in [-0.2, -0.15) is 4.98 Å². The SMILES string of the molecule is NCc1nc(-c2ccc3c(c2)c2ccccc2n3CC2CC2)no1. The summed E-state index contributed by atoms with van der Waals surface area (Å²) in [5.74, 6) is 1.88. The van der Waals surface area contributed by atoms with Crippen LogP contribution in [0.1, 0.15) is 18.7 Å². The highest BCUT2D eigenvalue weighted by Gasteiger charge is 2.24. The van der Waals surface area contributed by atoms with Crippen LogP contribution in [0.5, 0.6) is 0 Å². The summed E-state index contributed by atoms with van der Waals surface area (Å²) in [6, 6.07) is 15.0. The average Bonchev–Trinajstić information content (AvgIpc) is 3.22. The highest BCUT2D eigenvalue weighted by atomic mass is 16.5. The number of nitrogens with zero attached hydrogens (tertiary/aromatic N) is 3. The van der Waals surface area contributed by atoms with Gasteiger partial charge in [-0.15, -0.1) is 0 Å². The van der Waals surface area contributed by atoms with Crippen molar-refractivity contribution in [3.63, 3.8) is 0 Å². The molecule has 2 aromatic heterocycles. The van der Waals surface area contributed by atoms with Crippen molar-refractivity contribution in [3.05, 3.63) is 48.4 Å². The van der Waals surface area contributed by atoms with Crippen LogP contribution in [0.15, 0.2) is 47.0 Å². The fourth-order valence-electron chi connectivity index (χ4n) is 3.40. The number of para-hydroxylation sites is 1. The zero-order valence-electron chi connectivity index (χ0n) is 13.3. The van der Waals surface area contributed by atoms with E-state index in [9.17, 15) is 0 Å². The van der Waals surface area contributed by atoms with E-state index < -0.39 is 0 Å². The molecule has 0 radical (unpaired) electrons. The van der Waals surface area contributed by atoms with E-state index in [1.165, 1.54) is 34.6 Å². The van der Waals surface area contributed by atoms with Gasteiger partial charge < -0.3 is 14.8 Å². The maximum absolute atomic E-state index is 5.56. The minimum atomic E-state index is 0.260. The lowest BCUT2D eigenvalue weighted by Gasteiger charge is -2.06. The molecule has 1 aliphatic carbocycles. The first kappa shape index (κ1) is 13.7. The average molecular weight is 318 g/mol. The highest BCUT2D eigenvalue weighted by molar-refractivity contribution is 6.09. The van der Waals surface area contributed by atoms with E-state index in [2.05, 4.69) is 57.2 Å². The third kappa shape index (κ3) is 2.12. The molecule has 2 N–H and O–H groups in total. The summed E-state index contributed by atoms with van der Waals surface area (Å²) < 4.78 is 7.59. The summed E-state index contributed by atoms with van der Waals surface area (Å²) in [6.07, 6.45) is 2.69. The molecule has 1 aliphatic rings. The molecule has 5 nitrogen and oxygen atoms in total. The van der Waals surface area contributed by atoms with E-state index in [1.807, 2.05) is 0 Å². The van der Waals surface area contributed by atoms with Gasteiger partial charge in [0.05, 0.1) is 6.54 Å². The molecule has 0 aliphatic heterocycles. The third-order valence-corrected chi connectivity index (χ3v) is 4.81. The fourth-order valence-corrected chi connectivity index (χ4v) is 3.40. The van der Waals surface area contributed by atoms with E-state index >= 15 is 0 Å². The number of aromatic nitrogens is 3. The van der Waals surface area contributed by atoms with Crippen molar-refractivity contribution in [1.29, 1.82) is 0 Å². The molecule has 2 heterocycles. The van der Waals surface area contributed by atoms with Gasteiger partial charge in [0.15, 0.2) is 0 Å². The smallest absolute Gasteiger partial charge is 0.240 e. The molecular formula is C19H18N4O. The molecule has 1 fully saturated rings. The van der Waals surface area contributed by atoms with E-state index in [-0.39, 0.29) is 6.54 Å². The summed E-state index contributed by atoms with van der Waals surface area (Å²) in [6.45, 7) is 1.36. The van der Waals surface area contributed by atoms with Crippen LogP contribution in [0.3, 0.4) is 0 Å². The molecule has 0 amide bonds. The monoisotopic (exact) mass is 318 g/mol. The number of hydrogen-bond donors (Lipinski definition) is 1. The van der Waals surface area contributed by atoms with Crippen molar-refractivity contribution in [2.45, 2.75) is 25.9 Å². The molecule has 0 spiro atoms. The number of fused-ring (bicyclic) bond motifs is 3. The van der Waals surface area contributed by atoms with Crippen molar-refractivity contribution in [3.8, 4) is 11.4 Å². The molecule has 24 heavy (non-hydrogen) atoms. The standard InChI is InChI=1S/C19H18N4O/c20-10-18-21-19(22-24-18)13-7-8-17-15(9-13)14-3-1-2-4-16(14)23(17)11-12-5-6-12/h1-4,7-9,12H,5-6,10-11,20H2. The summed E-state index contributed by atoms with van der Waals surface area (Å²) in [5, 5.41) is 6.55. The molecule has 5 rings (SSSR count). The van der Waals surface area contributed by atoms with Crippen LogP contribution in [-0.2, 0) is 13.1 Å². The van der Waals surface area contributed by atoms with Crippen molar-refractivity contribution in [2.24, 2.45) is 11.7 Å². The maximum Gasteiger partial charge on any atom is 0.240 e. The molecule has 120 valence electrons. The third-order valence-electron chi connectivity index (χ3n) is 4.81. The van der Waals surface area contributed by atoms with Gasteiger partial charge in [-0.3, -0.25) is 0 Å². The van der Waals surface area contributed by atoms with E-state index in [0.717, 1.165) is 18.0 Å². The van der Waals surface area contributed by atoms with E-state index in [4.69, 9.17) is 10.3 Å². The molecule has 2 aromatic carbocycles. The molecule has 0 bridgehead atoms. The fraction of sp³-hybridized carbons (Fsp3) is 0.263. The number of nitrogens with two attached hydrogens (primary N) is 1. The lowest BCUT2D eigenvalue weighted by Crippen LogP contribution is -1.98. The quantitative estimate of drug-likeness (QED) is 0.622.